The zero-order valence-corrected chi connectivity index (χ0v) is 15.9. The standard InChI is InChI=1S/C20H24FN3O3/c1-13-20(15(3)25)14(2)24(22-13)12-19(26)23-9-7-17(8-10-23)27-18-6-4-5-16(21)11-18/h4-6,11,17H,7-10,12H2,1-3H3. The van der Waals surface area contributed by atoms with Gasteiger partial charge in [0.25, 0.3) is 0 Å². The van der Waals surface area contributed by atoms with Crippen LogP contribution in [0.4, 0.5) is 4.39 Å². The van der Waals surface area contributed by atoms with Gasteiger partial charge in [0.2, 0.25) is 5.91 Å². The molecule has 0 atom stereocenters. The third-order valence-electron chi connectivity index (χ3n) is 4.91. The lowest BCUT2D eigenvalue weighted by Gasteiger charge is -2.32. The molecule has 144 valence electrons. The van der Waals surface area contributed by atoms with Crippen molar-refractivity contribution in [3.63, 3.8) is 0 Å². The van der Waals surface area contributed by atoms with Crippen molar-refractivity contribution < 1.29 is 18.7 Å². The highest BCUT2D eigenvalue weighted by Gasteiger charge is 2.25. The Bertz CT molecular complexity index is 854. The molecule has 0 saturated carbocycles. The number of nitrogens with zero attached hydrogens (tertiary/aromatic N) is 3. The van der Waals surface area contributed by atoms with Gasteiger partial charge in [-0.15, -0.1) is 0 Å². The summed E-state index contributed by atoms with van der Waals surface area (Å²) < 4.78 is 20.7. The molecule has 1 fully saturated rings. The van der Waals surface area contributed by atoms with Gasteiger partial charge in [-0.3, -0.25) is 14.3 Å². The number of aryl methyl sites for hydroxylation is 1. The Morgan fingerprint density at radius 2 is 1.96 bits per heavy atom. The van der Waals surface area contributed by atoms with E-state index >= 15 is 0 Å². The summed E-state index contributed by atoms with van der Waals surface area (Å²) in [5.41, 5.74) is 1.96. The summed E-state index contributed by atoms with van der Waals surface area (Å²) in [7, 11) is 0. The molecule has 1 aromatic heterocycles. The van der Waals surface area contributed by atoms with Crippen molar-refractivity contribution in [3.05, 3.63) is 47.0 Å². The Morgan fingerprint density at radius 3 is 2.56 bits per heavy atom. The fourth-order valence-electron chi connectivity index (χ4n) is 3.54. The molecule has 0 aliphatic carbocycles. The fourth-order valence-corrected chi connectivity index (χ4v) is 3.54. The average Bonchev–Trinajstić information content (AvgIpc) is 2.89. The minimum absolute atomic E-state index is 0.0279. The maximum Gasteiger partial charge on any atom is 0.244 e. The number of aromatic nitrogens is 2. The van der Waals surface area contributed by atoms with Crippen LogP contribution in [0.15, 0.2) is 24.3 Å². The Labute approximate surface area is 157 Å². The summed E-state index contributed by atoms with van der Waals surface area (Å²) in [6, 6.07) is 6.10. The molecule has 2 heterocycles. The number of amides is 1. The molecule has 1 saturated heterocycles. The highest BCUT2D eigenvalue weighted by atomic mass is 19.1. The molecule has 0 N–H and O–H groups in total. The first-order valence-corrected chi connectivity index (χ1v) is 9.10. The second kappa shape index (κ2) is 7.90. The predicted molar refractivity (Wildman–Crippen MR) is 98.3 cm³/mol. The van der Waals surface area contributed by atoms with Gasteiger partial charge in [-0.25, -0.2) is 4.39 Å². The van der Waals surface area contributed by atoms with E-state index in [-0.39, 0.29) is 30.2 Å². The van der Waals surface area contributed by atoms with Crippen LogP contribution in [0.3, 0.4) is 0 Å². The van der Waals surface area contributed by atoms with E-state index in [0.717, 1.165) is 5.69 Å². The summed E-state index contributed by atoms with van der Waals surface area (Å²) in [5, 5.41) is 4.33. The lowest BCUT2D eigenvalue weighted by Crippen LogP contribution is -2.43. The molecule has 0 radical (unpaired) electrons. The third kappa shape index (κ3) is 4.35. The molecule has 1 amide bonds. The van der Waals surface area contributed by atoms with Gasteiger partial charge in [0, 0.05) is 37.7 Å². The van der Waals surface area contributed by atoms with Gasteiger partial charge in [-0.2, -0.15) is 5.10 Å². The van der Waals surface area contributed by atoms with Crippen molar-refractivity contribution in [2.24, 2.45) is 0 Å². The van der Waals surface area contributed by atoms with Crippen molar-refractivity contribution in [1.82, 2.24) is 14.7 Å². The molecule has 0 unspecified atom stereocenters. The van der Waals surface area contributed by atoms with Gasteiger partial charge in [-0.1, -0.05) is 6.07 Å². The summed E-state index contributed by atoms with van der Waals surface area (Å²) in [4.78, 5) is 26.1. The van der Waals surface area contributed by atoms with E-state index in [4.69, 9.17) is 4.74 Å². The van der Waals surface area contributed by atoms with Gasteiger partial charge < -0.3 is 9.64 Å². The van der Waals surface area contributed by atoms with Crippen LogP contribution < -0.4 is 4.74 Å². The van der Waals surface area contributed by atoms with Crippen LogP contribution in [0.1, 0.15) is 41.5 Å². The highest BCUT2D eigenvalue weighted by molar-refractivity contribution is 5.96. The number of benzene rings is 1. The number of hydrogen-bond donors (Lipinski definition) is 0. The second-order valence-electron chi connectivity index (χ2n) is 6.92. The summed E-state index contributed by atoms with van der Waals surface area (Å²) in [6.07, 6.45) is 1.35. The van der Waals surface area contributed by atoms with E-state index in [1.165, 1.54) is 19.1 Å². The number of likely N-dealkylation sites (tertiary alicyclic amines) is 1. The first kappa shape index (κ1) is 19.1. The third-order valence-corrected chi connectivity index (χ3v) is 4.91. The molecule has 1 aliphatic rings. The smallest absolute Gasteiger partial charge is 0.244 e. The molecular formula is C20H24FN3O3. The Kier molecular flexibility index (Phi) is 5.58. The van der Waals surface area contributed by atoms with E-state index in [9.17, 15) is 14.0 Å². The molecule has 7 heteroatoms. The van der Waals surface area contributed by atoms with E-state index in [2.05, 4.69) is 5.10 Å². The first-order valence-electron chi connectivity index (χ1n) is 9.10. The topological polar surface area (TPSA) is 64.4 Å². The maximum atomic E-state index is 13.2. The van der Waals surface area contributed by atoms with Gasteiger partial charge >= 0.3 is 0 Å². The summed E-state index contributed by atoms with van der Waals surface area (Å²) in [6.45, 7) is 6.38. The van der Waals surface area contributed by atoms with Crippen molar-refractivity contribution in [2.75, 3.05) is 13.1 Å². The number of ketones is 1. The minimum Gasteiger partial charge on any atom is -0.490 e. The number of hydrogen-bond acceptors (Lipinski definition) is 4. The Morgan fingerprint density at radius 1 is 1.26 bits per heavy atom. The molecule has 1 aromatic carbocycles. The van der Waals surface area contributed by atoms with Crippen molar-refractivity contribution in [1.29, 1.82) is 0 Å². The molecular weight excluding hydrogens is 349 g/mol. The first-order chi connectivity index (χ1) is 12.8. The maximum absolute atomic E-state index is 13.2. The van der Waals surface area contributed by atoms with Crippen LogP contribution in [0.5, 0.6) is 5.75 Å². The van der Waals surface area contributed by atoms with Crippen LogP contribution in [-0.4, -0.2) is 45.6 Å². The normalized spacial score (nSPS) is 15.0. The second-order valence-corrected chi connectivity index (χ2v) is 6.92. The molecule has 6 nitrogen and oxygen atoms in total. The van der Waals surface area contributed by atoms with E-state index in [1.807, 2.05) is 6.92 Å². The SMILES string of the molecule is CC(=O)c1c(C)nn(CC(=O)N2CCC(Oc3cccc(F)c3)CC2)c1C. The molecule has 2 aromatic rings. The van der Waals surface area contributed by atoms with E-state index in [0.29, 0.717) is 42.9 Å². The van der Waals surface area contributed by atoms with Crippen molar-refractivity contribution in [2.45, 2.75) is 46.3 Å². The minimum atomic E-state index is -0.324. The number of piperidine rings is 1. The van der Waals surface area contributed by atoms with Crippen LogP contribution in [-0.2, 0) is 11.3 Å². The molecule has 1 aliphatic heterocycles. The van der Waals surface area contributed by atoms with Crippen LogP contribution >= 0.6 is 0 Å². The van der Waals surface area contributed by atoms with Gasteiger partial charge in [0.15, 0.2) is 5.78 Å². The number of carbonyl (C=O) groups excluding carboxylic acids is 2. The quantitative estimate of drug-likeness (QED) is 0.756. The van der Waals surface area contributed by atoms with Gasteiger partial charge in [-0.05, 0) is 32.9 Å². The van der Waals surface area contributed by atoms with Crippen LogP contribution in [0.2, 0.25) is 0 Å². The Balaban J connectivity index is 1.56. The monoisotopic (exact) mass is 373 g/mol. The number of halogens is 1. The largest absolute Gasteiger partial charge is 0.490 e. The number of rotatable bonds is 5. The Hall–Kier alpha value is -2.70. The zero-order valence-electron chi connectivity index (χ0n) is 15.9. The molecule has 0 spiro atoms. The zero-order chi connectivity index (χ0) is 19.6. The number of Topliss-reactive ketones (excluding diaryl/α,β-unsaturated/α-hetero) is 1. The molecule has 27 heavy (non-hydrogen) atoms. The molecule has 3 rings (SSSR count). The van der Waals surface area contributed by atoms with Crippen LogP contribution in [0.25, 0.3) is 0 Å². The van der Waals surface area contributed by atoms with Gasteiger partial charge in [0.1, 0.15) is 24.2 Å². The van der Waals surface area contributed by atoms with Crippen LogP contribution in [0, 0.1) is 19.7 Å². The van der Waals surface area contributed by atoms with Gasteiger partial charge in [0.05, 0.1) is 11.3 Å². The number of ether oxygens (including phenoxy) is 1. The lowest BCUT2D eigenvalue weighted by molar-refractivity contribution is -0.133. The molecule has 0 bridgehead atoms. The predicted octanol–water partition coefficient (Wildman–Crippen LogP) is 2.91. The summed E-state index contributed by atoms with van der Waals surface area (Å²) in [5.74, 6) is 0.119. The van der Waals surface area contributed by atoms with Crippen molar-refractivity contribution >= 4 is 11.7 Å². The lowest BCUT2D eigenvalue weighted by atomic mass is 10.1. The van der Waals surface area contributed by atoms with E-state index < -0.39 is 0 Å². The fraction of sp³-hybridized carbons (Fsp3) is 0.450. The van der Waals surface area contributed by atoms with E-state index in [1.54, 1.807) is 28.6 Å². The number of carbonyl (C=O) groups is 2. The average molecular weight is 373 g/mol. The van der Waals surface area contributed by atoms with Crippen molar-refractivity contribution in [3.8, 4) is 5.75 Å². The summed E-state index contributed by atoms with van der Waals surface area (Å²) >= 11 is 0. The highest BCUT2D eigenvalue weighted by Crippen LogP contribution is 2.20.